The van der Waals surface area contributed by atoms with Gasteiger partial charge in [0, 0.05) is 16.8 Å². The topological polar surface area (TPSA) is 49.4 Å². The summed E-state index contributed by atoms with van der Waals surface area (Å²) in [6.45, 7) is -0.216. The summed E-state index contributed by atoms with van der Waals surface area (Å²) in [5, 5.41) is 2.72. The molecule has 1 atom stereocenters. The van der Waals surface area contributed by atoms with Crippen LogP contribution in [-0.2, 0) is 4.79 Å². The molecule has 0 saturated carbocycles. The molecule has 0 aromatic heterocycles. The summed E-state index contributed by atoms with van der Waals surface area (Å²) >= 11 is 0. The van der Waals surface area contributed by atoms with Gasteiger partial charge < -0.3 is 10.2 Å². The van der Waals surface area contributed by atoms with Crippen molar-refractivity contribution in [3.05, 3.63) is 101 Å². The monoisotopic (exact) mass is 378 g/mol. The highest BCUT2D eigenvalue weighted by atomic mass is 19.1. The Bertz CT molecular complexity index is 1040. The number of nitrogens with zero attached hydrogens (tertiary/aromatic N) is 1. The molecule has 1 unspecified atom stereocenters. The smallest absolute Gasteiger partial charge is 0.255 e. The maximum Gasteiger partial charge on any atom is 0.255 e. The number of benzene rings is 3. The first-order valence-corrected chi connectivity index (χ1v) is 8.74. The van der Waals surface area contributed by atoms with Crippen LogP contribution >= 0.6 is 0 Å². The van der Waals surface area contributed by atoms with Gasteiger partial charge in [0.15, 0.2) is 0 Å². The van der Waals surface area contributed by atoms with Crippen LogP contribution in [0, 0.1) is 11.6 Å². The first-order valence-electron chi connectivity index (χ1n) is 8.74. The van der Waals surface area contributed by atoms with Crippen molar-refractivity contribution in [2.45, 2.75) is 6.04 Å². The molecule has 1 heterocycles. The van der Waals surface area contributed by atoms with Gasteiger partial charge in [0.1, 0.15) is 18.2 Å². The van der Waals surface area contributed by atoms with Crippen LogP contribution in [0.15, 0.2) is 72.8 Å². The summed E-state index contributed by atoms with van der Waals surface area (Å²) in [7, 11) is 0. The average molecular weight is 378 g/mol. The molecule has 0 bridgehead atoms. The molecule has 4 nitrogen and oxygen atoms in total. The fourth-order valence-corrected chi connectivity index (χ4v) is 3.42. The zero-order chi connectivity index (χ0) is 19.7. The highest BCUT2D eigenvalue weighted by Crippen LogP contribution is 2.37. The molecule has 2 amide bonds. The standard InChI is InChI=1S/C22H16F2N2O2/c23-16-8-6-14(7-9-16)21-18-12-17(24)10-11-19(18)25-20(27)13-26(21)22(28)15-4-2-1-3-5-15/h1-12,21H,13H2,(H,25,27). The zero-order valence-electron chi connectivity index (χ0n) is 14.7. The van der Waals surface area contributed by atoms with Gasteiger partial charge >= 0.3 is 0 Å². The molecule has 0 saturated heterocycles. The first kappa shape index (κ1) is 17.9. The normalized spacial score (nSPS) is 16.1. The second kappa shape index (κ2) is 7.23. The number of amides is 2. The Labute approximate surface area is 160 Å². The molecule has 3 aromatic rings. The first-order chi connectivity index (χ1) is 13.5. The maximum atomic E-state index is 14.1. The Hall–Kier alpha value is -3.54. The van der Waals surface area contributed by atoms with E-state index >= 15 is 0 Å². The van der Waals surface area contributed by atoms with Crippen LogP contribution in [0.25, 0.3) is 0 Å². The van der Waals surface area contributed by atoms with Crippen LogP contribution in [0.3, 0.4) is 0 Å². The minimum atomic E-state index is -0.752. The molecule has 6 heteroatoms. The Morgan fingerprint density at radius 3 is 2.32 bits per heavy atom. The van der Waals surface area contributed by atoms with Crippen molar-refractivity contribution in [1.82, 2.24) is 4.90 Å². The van der Waals surface area contributed by atoms with E-state index in [1.165, 1.54) is 47.4 Å². The fourth-order valence-electron chi connectivity index (χ4n) is 3.42. The summed E-state index contributed by atoms with van der Waals surface area (Å²) in [6, 6.07) is 17.4. The number of hydrogen-bond acceptors (Lipinski definition) is 2. The molecular weight excluding hydrogens is 362 g/mol. The SMILES string of the molecule is O=C1CN(C(=O)c2ccccc2)C(c2ccc(F)cc2)c2cc(F)ccc2N1. The number of carbonyl (C=O) groups is 2. The minimum absolute atomic E-state index is 0.216. The van der Waals surface area contributed by atoms with Gasteiger partial charge in [-0.25, -0.2) is 8.78 Å². The summed E-state index contributed by atoms with van der Waals surface area (Å²) < 4.78 is 27.5. The lowest BCUT2D eigenvalue weighted by molar-refractivity contribution is -0.117. The quantitative estimate of drug-likeness (QED) is 0.728. The van der Waals surface area contributed by atoms with E-state index in [0.717, 1.165) is 0 Å². The van der Waals surface area contributed by atoms with E-state index in [1.807, 2.05) is 0 Å². The largest absolute Gasteiger partial charge is 0.324 e. The molecule has 1 aliphatic heterocycles. The number of fused-ring (bicyclic) bond motifs is 1. The van der Waals surface area contributed by atoms with Gasteiger partial charge in [0.25, 0.3) is 5.91 Å². The Balaban J connectivity index is 1.90. The lowest BCUT2D eigenvalue weighted by Gasteiger charge is -2.30. The Morgan fingerprint density at radius 1 is 0.929 bits per heavy atom. The predicted octanol–water partition coefficient (Wildman–Crippen LogP) is 4.15. The molecule has 1 N–H and O–H groups in total. The van der Waals surface area contributed by atoms with Crippen molar-refractivity contribution < 1.29 is 18.4 Å². The molecule has 0 spiro atoms. The molecule has 0 radical (unpaired) electrons. The summed E-state index contributed by atoms with van der Waals surface area (Å²) in [5.74, 6) is -1.68. The number of hydrogen-bond donors (Lipinski definition) is 1. The van der Waals surface area contributed by atoms with Gasteiger partial charge in [-0.2, -0.15) is 0 Å². The number of rotatable bonds is 2. The van der Waals surface area contributed by atoms with Crippen LogP contribution in [0.4, 0.5) is 14.5 Å². The van der Waals surface area contributed by atoms with E-state index in [1.54, 1.807) is 30.3 Å². The minimum Gasteiger partial charge on any atom is -0.324 e. The third-order valence-corrected chi connectivity index (χ3v) is 4.68. The third-order valence-electron chi connectivity index (χ3n) is 4.68. The molecule has 4 rings (SSSR count). The van der Waals surface area contributed by atoms with E-state index < -0.39 is 17.7 Å². The van der Waals surface area contributed by atoms with E-state index in [2.05, 4.69) is 5.32 Å². The molecule has 1 aliphatic rings. The maximum absolute atomic E-state index is 14.1. The Morgan fingerprint density at radius 2 is 1.61 bits per heavy atom. The molecule has 3 aromatic carbocycles. The van der Waals surface area contributed by atoms with Crippen LogP contribution in [-0.4, -0.2) is 23.3 Å². The summed E-state index contributed by atoms with van der Waals surface area (Å²) in [4.78, 5) is 27.0. The van der Waals surface area contributed by atoms with Gasteiger partial charge in [-0.05, 0) is 48.0 Å². The van der Waals surface area contributed by atoms with Gasteiger partial charge in [-0.3, -0.25) is 9.59 Å². The number of carbonyl (C=O) groups excluding carboxylic acids is 2. The highest BCUT2D eigenvalue weighted by Gasteiger charge is 2.34. The number of anilines is 1. The lowest BCUT2D eigenvalue weighted by Crippen LogP contribution is -2.39. The predicted molar refractivity (Wildman–Crippen MR) is 101 cm³/mol. The van der Waals surface area contributed by atoms with E-state index in [0.29, 0.717) is 22.4 Å². The van der Waals surface area contributed by atoms with Crippen LogP contribution in [0.5, 0.6) is 0 Å². The average Bonchev–Trinajstić information content (AvgIpc) is 2.84. The van der Waals surface area contributed by atoms with Crippen molar-refractivity contribution in [3.63, 3.8) is 0 Å². The van der Waals surface area contributed by atoms with E-state index in [-0.39, 0.29) is 18.4 Å². The van der Waals surface area contributed by atoms with Gasteiger partial charge in [0.2, 0.25) is 5.91 Å². The molecule has 28 heavy (non-hydrogen) atoms. The van der Waals surface area contributed by atoms with Gasteiger partial charge in [0.05, 0.1) is 6.04 Å². The second-order valence-corrected chi connectivity index (χ2v) is 6.53. The molecule has 0 aliphatic carbocycles. The molecule has 140 valence electrons. The van der Waals surface area contributed by atoms with Crippen molar-refractivity contribution in [3.8, 4) is 0 Å². The van der Waals surface area contributed by atoms with E-state index in [9.17, 15) is 18.4 Å². The van der Waals surface area contributed by atoms with Crippen molar-refractivity contribution in [2.75, 3.05) is 11.9 Å². The molecular formula is C22H16F2N2O2. The van der Waals surface area contributed by atoms with Crippen LogP contribution in [0.2, 0.25) is 0 Å². The fraction of sp³-hybridized carbons (Fsp3) is 0.0909. The number of halogens is 2. The zero-order valence-corrected chi connectivity index (χ0v) is 14.7. The number of nitrogens with one attached hydrogen (secondary N) is 1. The highest BCUT2D eigenvalue weighted by molar-refractivity contribution is 6.01. The van der Waals surface area contributed by atoms with Crippen molar-refractivity contribution in [2.24, 2.45) is 0 Å². The Kier molecular flexibility index (Phi) is 4.61. The second-order valence-electron chi connectivity index (χ2n) is 6.53. The van der Waals surface area contributed by atoms with Gasteiger partial charge in [-0.1, -0.05) is 30.3 Å². The van der Waals surface area contributed by atoms with Crippen molar-refractivity contribution >= 4 is 17.5 Å². The van der Waals surface area contributed by atoms with Crippen LogP contribution < -0.4 is 5.32 Å². The van der Waals surface area contributed by atoms with Crippen molar-refractivity contribution in [1.29, 1.82) is 0 Å². The summed E-state index contributed by atoms with van der Waals surface area (Å²) in [6.07, 6.45) is 0. The molecule has 0 fully saturated rings. The third kappa shape index (κ3) is 3.36. The lowest BCUT2D eigenvalue weighted by atomic mass is 9.95. The van der Waals surface area contributed by atoms with Crippen LogP contribution in [0.1, 0.15) is 27.5 Å². The van der Waals surface area contributed by atoms with E-state index in [4.69, 9.17) is 0 Å². The summed E-state index contributed by atoms with van der Waals surface area (Å²) in [5.41, 5.74) is 1.84. The van der Waals surface area contributed by atoms with Gasteiger partial charge in [-0.15, -0.1) is 0 Å².